The minimum absolute atomic E-state index is 0.196. The van der Waals surface area contributed by atoms with Crippen LogP contribution in [0.15, 0.2) is 47.6 Å². The fourth-order valence-electron chi connectivity index (χ4n) is 2.06. The Morgan fingerprint density at radius 1 is 1.15 bits per heavy atom. The van der Waals surface area contributed by atoms with Gasteiger partial charge in [0.05, 0.1) is 25.0 Å². The van der Waals surface area contributed by atoms with E-state index < -0.39 is 5.91 Å². The van der Waals surface area contributed by atoms with Crippen molar-refractivity contribution in [3.05, 3.63) is 53.1 Å². The molecule has 0 unspecified atom stereocenters. The molecule has 0 bridgehead atoms. The monoisotopic (exact) mass is 376 g/mol. The minimum atomic E-state index is -0.403. The molecule has 2 aromatic rings. The summed E-state index contributed by atoms with van der Waals surface area (Å²) in [6.07, 6.45) is 2.37. The first-order chi connectivity index (χ1) is 12.7. The van der Waals surface area contributed by atoms with E-state index in [0.29, 0.717) is 34.4 Å². The van der Waals surface area contributed by atoms with Crippen molar-refractivity contribution >= 4 is 23.7 Å². The van der Waals surface area contributed by atoms with E-state index in [1.54, 1.807) is 37.4 Å². The van der Waals surface area contributed by atoms with Crippen LogP contribution in [0.1, 0.15) is 18.9 Å². The predicted octanol–water partition coefficient (Wildman–Crippen LogP) is 3.67. The maximum atomic E-state index is 11.8. The van der Waals surface area contributed by atoms with Crippen LogP contribution in [0.2, 0.25) is 5.02 Å². The van der Waals surface area contributed by atoms with Gasteiger partial charge in [0.15, 0.2) is 18.1 Å². The lowest BCUT2D eigenvalue weighted by atomic mass is 10.2. The van der Waals surface area contributed by atoms with Crippen LogP contribution in [0.4, 0.5) is 0 Å². The molecule has 0 radical (unpaired) electrons. The van der Waals surface area contributed by atoms with Crippen molar-refractivity contribution in [2.75, 3.05) is 20.3 Å². The number of carbonyl (C=O) groups excluding carboxylic acids is 1. The van der Waals surface area contributed by atoms with Crippen molar-refractivity contribution in [3.63, 3.8) is 0 Å². The van der Waals surface area contributed by atoms with Crippen molar-refractivity contribution in [1.29, 1.82) is 0 Å². The average molecular weight is 377 g/mol. The highest BCUT2D eigenvalue weighted by Gasteiger charge is 2.09. The number of ether oxygens (including phenoxy) is 3. The molecule has 0 fully saturated rings. The number of hydrogen-bond donors (Lipinski definition) is 1. The van der Waals surface area contributed by atoms with E-state index in [2.05, 4.69) is 10.5 Å². The summed E-state index contributed by atoms with van der Waals surface area (Å²) in [5.41, 5.74) is 3.11. The maximum Gasteiger partial charge on any atom is 0.277 e. The molecule has 26 heavy (non-hydrogen) atoms. The third kappa shape index (κ3) is 5.67. The fourth-order valence-corrected chi connectivity index (χ4v) is 2.26. The van der Waals surface area contributed by atoms with Gasteiger partial charge in [0.25, 0.3) is 5.91 Å². The second-order valence-electron chi connectivity index (χ2n) is 5.24. The summed E-state index contributed by atoms with van der Waals surface area (Å²) >= 11 is 5.97. The van der Waals surface area contributed by atoms with Crippen molar-refractivity contribution in [3.8, 4) is 17.2 Å². The van der Waals surface area contributed by atoms with Crippen LogP contribution in [0, 0.1) is 0 Å². The highest BCUT2D eigenvalue weighted by molar-refractivity contribution is 6.32. The van der Waals surface area contributed by atoms with Gasteiger partial charge >= 0.3 is 0 Å². The molecular formula is C19H21ClN2O4. The number of hydrazone groups is 1. The molecule has 0 aromatic heterocycles. The standard InChI is InChI=1S/C19H21ClN2O4/c1-3-11-25-19-14(7-6-10-17(19)24-2)12-21-22-18(23)13-26-16-9-5-4-8-15(16)20/h4-10,12H,3,11,13H2,1-2H3,(H,22,23)/b21-12-. The fraction of sp³-hybridized carbons (Fsp3) is 0.263. The zero-order valence-electron chi connectivity index (χ0n) is 14.7. The number of amides is 1. The van der Waals surface area contributed by atoms with Gasteiger partial charge in [-0.05, 0) is 30.7 Å². The van der Waals surface area contributed by atoms with E-state index in [1.165, 1.54) is 6.21 Å². The second-order valence-corrected chi connectivity index (χ2v) is 5.65. The lowest BCUT2D eigenvalue weighted by Gasteiger charge is -2.12. The average Bonchev–Trinajstić information content (AvgIpc) is 2.66. The van der Waals surface area contributed by atoms with Gasteiger partial charge in [0.2, 0.25) is 0 Å². The third-order valence-electron chi connectivity index (χ3n) is 3.27. The first-order valence-electron chi connectivity index (χ1n) is 8.14. The molecule has 2 aromatic carbocycles. The molecule has 0 heterocycles. The first kappa shape index (κ1) is 19.6. The number of nitrogens with one attached hydrogen (secondary N) is 1. The van der Waals surface area contributed by atoms with Gasteiger partial charge in [-0.2, -0.15) is 5.10 Å². The second kappa shape index (κ2) is 10.3. The van der Waals surface area contributed by atoms with E-state index in [4.69, 9.17) is 25.8 Å². The lowest BCUT2D eigenvalue weighted by Crippen LogP contribution is -2.24. The van der Waals surface area contributed by atoms with E-state index in [-0.39, 0.29) is 6.61 Å². The van der Waals surface area contributed by atoms with Gasteiger partial charge < -0.3 is 14.2 Å². The van der Waals surface area contributed by atoms with Gasteiger partial charge in [-0.15, -0.1) is 0 Å². The third-order valence-corrected chi connectivity index (χ3v) is 3.58. The molecule has 0 aliphatic heterocycles. The van der Waals surface area contributed by atoms with E-state index in [0.717, 1.165) is 6.42 Å². The SMILES string of the molecule is CCCOc1c(/C=N\NC(=O)COc2ccccc2Cl)cccc1OC. The molecule has 0 saturated heterocycles. The molecule has 1 N–H and O–H groups in total. The van der Waals surface area contributed by atoms with Crippen molar-refractivity contribution in [2.45, 2.75) is 13.3 Å². The Kier molecular flexibility index (Phi) is 7.76. The number of halogens is 1. The van der Waals surface area contributed by atoms with Crippen LogP contribution < -0.4 is 19.6 Å². The van der Waals surface area contributed by atoms with E-state index in [1.807, 2.05) is 19.1 Å². The molecule has 1 amide bonds. The number of benzene rings is 2. The Morgan fingerprint density at radius 2 is 1.92 bits per heavy atom. The Hall–Kier alpha value is -2.73. The normalized spacial score (nSPS) is 10.6. The summed E-state index contributed by atoms with van der Waals surface area (Å²) < 4.78 is 16.4. The smallest absolute Gasteiger partial charge is 0.277 e. The molecule has 0 aliphatic rings. The van der Waals surface area contributed by atoms with Crippen LogP contribution in [-0.4, -0.2) is 32.4 Å². The van der Waals surface area contributed by atoms with Crippen LogP contribution in [0.5, 0.6) is 17.2 Å². The molecule has 138 valence electrons. The van der Waals surface area contributed by atoms with Gasteiger partial charge in [-0.1, -0.05) is 36.7 Å². The molecule has 7 heteroatoms. The Bertz CT molecular complexity index is 765. The summed E-state index contributed by atoms with van der Waals surface area (Å²) in [7, 11) is 1.57. The number of para-hydroxylation sites is 2. The van der Waals surface area contributed by atoms with Crippen LogP contribution >= 0.6 is 11.6 Å². The van der Waals surface area contributed by atoms with Crippen molar-refractivity contribution in [1.82, 2.24) is 5.43 Å². The molecule has 6 nitrogen and oxygen atoms in total. The van der Waals surface area contributed by atoms with Crippen LogP contribution in [-0.2, 0) is 4.79 Å². The van der Waals surface area contributed by atoms with E-state index >= 15 is 0 Å². The van der Waals surface area contributed by atoms with Crippen molar-refractivity contribution in [2.24, 2.45) is 5.10 Å². The van der Waals surface area contributed by atoms with Gasteiger partial charge in [-0.25, -0.2) is 5.43 Å². The van der Waals surface area contributed by atoms with Gasteiger partial charge in [0.1, 0.15) is 5.75 Å². The summed E-state index contributed by atoms with van der Waals surface area (Å²) in [5, 5.41) is 4.39. The van der Waals surface area contributed by atoms with Gasteiger partial charge in [0, 0.05) is 5.56 Å². The number of rotatable bonds is 9. The van der Waals surface area contributed by atoms with Crippen LogP contribution in [0.25, 0.3) is 0 Å². The highest BCUT2D eigenvalue weighted by Crippen LogP contribution is 2.30. The summed E-state index contributed by atoms with van der Waals surface area (Å²) in [5.74, 6) is 1.23. The predicted molar refractivity (Wildman–Crippen MR) is 101 cm³/mol. The highest BCUT2D eigenvalue weighted by atomic mass is 35.5. The zero-order chi connectivity index (χ0) is 18.8. The Labute approximate surface area is 157 Å². The van der Waals surface area contributed by atoms with Crippen LogP contribution in [0.3, 0.4) is 0 Å². The zero-order valence-corrected chi connectivity index (χ0v) is 15.5. The topological polar surface area (TPSA) is 69.2 Å². The van der Waals surface area contributed by atoms with E-state index in [9.17, 15) is 4.79 Å². The molecular weight excluding hydrogens is 356 g/mol. The largest absolute Gasteiger partial charge is 0.493 e. The maximum absolute atomic E-state index is 11.8. The minimum Gasteiger partial charge on any atom is -0.493 e. The van der Waals surface area contributed by atoms with Crippen molar-refractivity contribution < 1.29 is 19.0 Å². The number of nitrogens with zero attached hydrogens (tertiary/aromatic N) is 1. The Balaban J connectivity index is 1.95. The summed E-state index contributed by atoms with van der Waals surface area (Å²) in [4.78, 5) is 11.8. The van der Waals surface area contributed by atoms with Gasteiger partial charge in [-0.3, -0.25) is 4.79 Å². The quantitative estimate of drug-likeness (QED) is 0.535. The molecule has 0 aliphatic carbocycles. The number of carbonyl (C=O) groups is 1. The summed E-state index contributed by atoms with van der Waals surface area (Å²) in [6, 6.07) is 12.4. The molecule has 0 spiro atoms. The number of hydrogen-bond acceptors (Lipinski definition) is 5. The molecule has 0 saturated carbocycles. The number of methoxy groups -OCH3 is 1. The molecule has 0 atom stereocenters. The summed E-state index contributed by atoms with van der Waals surface area (Å²) in [6.45, 7) is 2.38. The first-order valence-corrected chi connectivity index (χ1v) is 8.52. The Morgan fingerprint density at radius 3 is 2.65 bits per heavy atom. The lowest BCUT2D eigenvalue weighted by molar-refractivity contribution is -0.123. The molecule has 2 rings (SSSR count).